The molecule has 3 heteroatoms. The molecule has 138 valence electrons. The Morgan fingerprint density at radius 3 is 2.26 bits per heavy atom. The minimum Gasteiger partial charge on any atom is -0.375 e. The van der Waals surface area contributed by atoms with Crippen LogP contribution >= 0.6 is 0 Å². The molecule has 3 nitrogen and oxygen atoms in total. The van der Waals surface area contributed by atoms with Crippen molar-refractivity contribution in [1.29, 1.82) is 0 Å². The van der Waals surface area contributed by atoms with Gasteiger partial charge in [-0.2, -0.15) is 0 Å². The van der Waals surface area contributed by atoms with Gasteiger partial charge in [0.1, 0.15) is 6.10 Å². The molecule has 0 aromatic heterocycles. The molecule has 1 fully saturated rings. The van der Waals surface area contributed by atoms with Crippen LogP contribution in [0.15, 0.2) is 0 Å². The van der Waals surface area contributed by atoms with Gasteiger partial charge in [-0.25, -0.2) is 0 Å². The molecule has 1 saturated heterocycles. The fraction of sp³-hybridized carbons (Fsp3) is 1.00. The van der Waals surface area contributed by atoms with Gasteiger partial charge in [-0.3, -0.25) is 0 Å². The first kappa shape index (κ1) is 20.9. The van der Waals surface area contributed by atoms with E-state index in [1.165, 1.54) is 38.5 Å². The average Bonchev–Trinajstić information content (AvgIpc) is 3.32. The van der Waals surface area contributed by atoms with Crippen LogP contribution in [0.4, 0.5) is 0 Å². The van der Waals surface area contributed by atoms with Gasteiger partial charge in [0.2, 0.25) is 0 Å². The lowest BCUT2D eigenvalue weighted by atomic mass is 9.80. The summed E-state index contributed by atoms with van der Waals surface area (Å²) >= 11 is 0. The maximum atomic E-state index is 6.31. The van der Waals surface area contributed by atoms with Crippen LogP contribution in [0.3, 0.4) is 0 Å². The average molecular weight is 329 g/mol. The van der Waals surface area contributed by atoms with Crippen molar-refractivity contribution in [1.82, 2.24) is 0 Å². The van der Waals surface area contributed by atoms with Gasteiger partial charge in [0.05, 0.1) is 24.9 Å². The molecule has 0 bridgehead atoms. The molecular formula is C20H40O3. The summed E-state index contributed by atoms with van der Waals surface area (Å²) in [5.41, 5.74) is -0.122. The minimum atomic E-state index is -0.122. The Labute approximate surface area is 144 Å². The van der Waals surface area contributed by atoms with Gasteiger partial charge in [0.15, 0.2) is 0 Å². The fourth-order valence-electron chi connectivity index (χ4n) is 3.52. The number of ether oxygens (including phenoxy) is 3. The molecule has 3 atom stereocenters. The molecule has 1 rings (SSSR count). The molecular weight excluding hydrogens is 288 g/mol. The molecule has 1 aliphatic rings. The minimum absolute atomic E-state index is 0.122. The number of hydrogen-bond acceptors (Lipinski definition) is 3. The van der Waals surface area contributed by atoms with Crippen molar-refractivity contribution in [3.8, 4) is 0 Å². The lowest BCUT2D eigenvalue weighted by Gasteiger charge is -2.39. The molecule has 0 radical (unpaired) electrons. The molecule has 3 unspecified atom stereocenters. The van der Waals surface area contributed by atoms with Gasteiger partial charge >= 0.3 is 0 Å². The van der Waals surface area contributed by atoms with Crippen molar-refractivity contribution in [2.45, 2.75) is 104 Å². The van der Waals surface area contributed by atoms with Crippen molar-refractivity contribution >= 4 is 0 Å². The number of unbranched alkanes of at least 4 members (excludes halogenated alkanes) is 4. The third-order valence-electron chi connectivity index (χ3n) is 4.95. The Kier molecular flexibility index (Phi) is 10.4. The molecule has 23 heavy (non-hydrogen) atoms. The van der Waals surface area contributed by atoms with Crippen LogP contribution in [0.5, 0.6) is 0 Å². The van der Waals surface area contributed by atoms with Crippen LogP contribution in [0.1, 0.15) is 86.0 Å². The molecule has 0 aromatic rings. The molecule has 1 aliphatic heterocycles. The van der Waals surface area contributed by atoms with E-state index >= 15 is 0 Å². The lowest BCUT2D eigenvalue weighted by Crippen LogP contribution is -2.43. The van der Waals surface area contributed by atoms with E-state index in [2.05, 4.69) is 34.6 Å². The zero-order valence-electron chi connectivity index (χ0n) is 16.2. The monoisotopic (exact) mass is 328 g/mol. The smallest absolute Gasteiger partial charge is 0.104 e. The van der Waals surface area contributed by atoms with E-state index in [9.17, 15) is 0 Å². The Hall–Kier alpha value is -0.120. The van der Waals surface area contributed by atoms with Crippen LogP contribution in [0.2, 0.25) is 0 Å². The Balaban J connectivity index is 2.58. The van der Waals surface area contributed by atoms with Gasteiger partial charge in [-0.1, -0.05) is 52.4 Å². The van der Waals surface area contributed by atoms with E-state index in [1.54, 1.807) is 0 Å². The Bertz CT molecular complexity index is 287. The van der Waals surface area contributed by atoms with Crippen molar-refractivity contribution < 1.29 is 14.2 Å². The standard InChI is InChI=1S/C20H40O3/c1-6-9-10-11-12-14-19(22-16-17-15-21-17)18(13-7-2)20(4,5)23-8-3/h17-19H,6-16H2,1-5H3. The summed E-state index contributed by atoms with van der Waals surface area (Å²) < 4.78 is 17.7. The number of epoxide rings is 1. The predicted molar refractivity (Wildman–Crippen MR) is 97.0 cm³/mol. The van der Waals surface area contributed by atoms with Crippen LogP contribution in [0.25, 0.3) is 0 Å². The molecule has 0 aliphatic carbocycles. The number of rotatable bonds is 15. The highest BCUT2D eigenvalue weighted by atomic mass is 16.6. The molecule has 0 spiro atoms. The summed E-state index contributed by atoms with van der Waals surface area (Å²) in [6, 6.07) is 0. The first-order valence-electron chi connectivity index (χ1n) is 9.92. The molecule has 0 saturated carbocycles. The van der Waals surface area contributed by atoms with Crippen LogP contribution in [-0.2, 0) is 14.2 Å². The topological polar surface area (TPSA) is 31.0 Å². The summed E-state index contributed by atoms with van der Waals surface area (Å²) in [5, 5.41) is 0. The van der Waals surface area contributed by atoms with Crippen LogP contribution in [-0.4, -0.2) is 37.6 Å². The van der Waals surface area contributed by atoms with Crippen molar-refractivity contribution in [2.24, 2.45) is 5.92 Å². The highest BCUT2D eigenvalue weighted by Crippen LogP contribution is 2.33. The SMILES string of the molecule is CCCCCCCC(OCC1CO1)C(CCC)C(C)(C)OCC. The quantitative estimate of drug-likeness (QED) is 0.299. The van der Waals surface area contributed by atoms with Gasteiger partial charge in [0.25, 0.3) is 0 Å². The Morgan fingerprint density at radius 1 is 1.00 bits per heavy atom. The van der Waals surface area contributed by atoms with Crippen LogP contribution < -0.4 is 0 Å². The predicted octanol–water partition coefficient (Wildman–Crippen LogP) is 5.36. The first-order valence-corrected chi connectivity index (χ1v) is 9.92. The molecule has 0 N–H and O–H groups in total. The van der Waals surface area contributed by atoms with Crippen LogP contribution in [0, 0.1) is 5.92 Å². The van der Waals surface area contributed by atoms with E-state index in [0.717, 1.165) is 32.7 Å². The Morgan fingerprint density at radius 2 is 1.70 bits per heavy atom. The van der Waals surface area contributed by atoms with Crippen molar-refractivity contribution in [2.75, 3.05) is 19.8 Å². The summed E-state index contributed by atoms with van der Waals surface area (Å²) in [7, 11) is 0. The van der Waals surface area contributed by atoms with Gasteiger partial charge in [-0.05, 0) is 33.6 Å². The molecule has 0 aromatic carbocycles. The van der Waals surface area contributed by atoms with E-state index < -0.39 is 0 Å². The maximum Gasteiger partial charge on any atom is 0.104 e. The van der Waals surface area contributed by atoms with Gasteiger partial charge < -0.3 is 14.2 Å². The second kappa shape index (κ2) is 11.4. The van der Waals surface area contributed by atoms with E-state index in [1.807, 2.05) is 0 Å². The van der Waals surface area contributed by atoms with Crippen molar-refractivity contribution in [3.63, 3.8) is 0 Å². The van der Waals surface area contributed by atoms with E-state index in [0.29, 0.717) is 18.1 Å². The maximum absolute atomic E-state index is 6.31. The van der Waals surface area contributed by atoms with E-state index in [4.69, 9.17) is 14.2 Å². The highest BCUT2D eigenvalue weighted by Gasteiger charge is 2.37. The largest absolute Gasteiger partial charge is 0.375 e. The highest BCUT2D eigenvalue weighted by molar-refractivity contribution is 4.86. The van der Waals surface area contributed by atoms with Gasteiger partial charge in [-0.15, -0.1) is 0 Å². The summed E-state index contributed by atoms with van der Waals surface area (Å²) in [4.78, 5) is 0. The van der Waals surface area contributed by atoms with Crippen molar-refractivity contribution in [3.05, 3.63) is 0 Å². The second-order valence-electron chi connectivity index (χ2n) is 7.46. The zero-order valence-corrected chi connectivity index (χ0v) is 16.2. The fourth-order valence-corrected chi connectivity index (χ4v) is 3.52. The molecule has 1 heterocycles. The summed E-state index contributed by atoms with van der Waals surface area (Å²) in [6.45, 7) is 13.5. The number of hydrogen-bond donors (Lipinski definition) is 0. The van der Waals surface area contributed by atoms with Gasteiger partial charge in [0, 0.05) is 12.5 Å². The summed E-state index contributed by atoms with van der Waals surface area (Å²) in [6.07, 6.45) is 10.7. The second-order valence-corrected chi connectivity index (χ2v) is 7.46. The first-order chi connectivity index (χ1) is 11.0. The third kappa shape index (κ3) is 8.51. The lowest BCUT2D eigenvalue weighted by molar-refractivity contribution is -0.117. The normalized spacial score (nSPS) is 20.5. The summed E-state index contributed by atoms with van der Waals surface area (Å²) in [5.74, 6) is 0.456. The zero-order chi connectivity index (χ0) is 17.1. The molecule has 0 amide bonds. The third-order valence-corrected chi connectivity index (χ3v) is 4.95. The van der Waals surface area contributed by atoms with E-state index in [-0.39, 0.29) is 5.60 Å².